The fourth-order valence-electron chi connectivity index (χ4n) is 5.31. The Bertz CT molecular complexity index is 613. The average molecular weight is 343 g/mol. The normalized spacial score (nSPS) is 32.5. The summed E-state index contributed by atoms with van der Waals surface area (Å²) in [5.41, 5.74) is -0.827. The molecular formula is C21H29NO3. The van der Waals surface area contributed by atoms with Gasteiger partial charge in [-0.25, -0.2) is 4.79 Å². The number of hydrogen-bond acceptors (Lipinski definition) is 4. The highest BCUT2D eigenvalue weighted by Crippen LogP contribution is 2.43. The molecule has 136 valence electrons. The Labute approximate surface area is 150 Å². The number of rotatable bonds is 4. The number of likely N-dealkylation sites (N-methyl/N-ethyl adjacent to an activating group) is 1. The topological polar surface area (TPSA) is 49.8 Å². The van der Waals surface area contributed by atoms with Crippen molar-refractivity contribution < 1.29 is 14.6 Å². The molecule has 1 aromatic rings. The maximum Gasteiger partial charge on any atom is 0.343 e. The van der Waals surface area contributed by atoms with Crippen molar-refractivity contribution in [1.29, 1.82) is 0 Å². The Kier molecular flexibility index (Phi) is 4.59. The van der Waals surface area contributed by atoms with Crippen LogP contribution in [0.1, 0.15) is 56.9 Å². The van der Waals surface area contributed by atoms with Gasteiger partial charge < -0.3 is 9.84 Å². The number of piperidine rings is 1. The maximum absolute atomic E-state index is 13.2. The summed E-state index contributed by atoms with van der Waals surface area (Å²) in [4.78, 5) is 15.6. The van der Waals surface area contributed by atoms with Gasteiger partial charge in [0.2, 0.25) is 0 Å². The van der Waals surface area contributed by atoms with Gasteiger partial charge in [-0.2, -0.15) is 0 Å². The van der Waals surface area contributed by atoms with Crippen molar-refractivity contribution in [3.63, 3.8) is 0 Å². The smallest absolute Gasteiger partial charge is 0.343 e. The molecule has 1 aliphatic carbocycles. The Morgan fingerprint density at radius 2 is 1.76 bits per heavy atom. The van der Waals surface area contributed by atoms with Crippen LogP contribution in [0.3, 0.4) is 0 Å². The maximum atomic E-state index is 13.2. The molecule has 4 atom stereocenters. The number of aliphatic hydroxyl groups is 1. The number of nitrogens with zero attached hydrogens (tertiary/aromatic N) is 1. The Morgan fingerprint density at radius 3 is 2.48 bits per heavy atom. The van der Waals surface area contributed by atoms with Gasteiger partial charge in [0, 0.05) is 18.0 Å². The lowest BCUT2D eigenvalue weighted by Crippen LogP contribution is -2.51. The van der Waals surface area contributed by atoms with Gasteiger partial charge in [0.1, 0.15) is 6.10 Å². The van der Waals surface area contributed by atoms with E-state index < -0.39 is 11.6 Å². The van der Waals surface area contributed by atoms with E-state index in [0.29, 0.717) is 17.6 Å². The molecule has 4 rings (SSSR count). The molecule has 2 saturated heterocycles. The second kappa shape index (κ2) is 6.73. The first-order valence-corrected chi connectivity index (χ1v) is 9.81. The molecule has 4 heteroatoms. The van der Waals surface area contributed by atoms with Crippen LogP contribution in [0.15, 0.2) is 30.3 Å². The number of hydrogen-bond donors (Lipinski definition) is 1. The fraction of sp³-hybridized carbons (Fsp3) is 0.667. The largest absolute Gasteiger partial charge is 0.458 e. The van der Waals surface area contributed by atoms with E-state index in [0.717, 1.165) is 44.9 Å². The van der Waals surface area contributed by atoms with E-state index in [1.54, 1.807) is 0 Å². The summed E-state index contributed by atoms with van der Waals surface area (Å²) in [6.45, 7) is 0. The Morgan fingerprint density at radius 1 is 1.08 bits per heavy atom. The quantitative estimate of drug-likeness (QED) is 0.853. The molecule has 0 radical (unpaired) electrons. The van der Waals surface area contributed by atoms with Crippen molar-refractivity contribution >= 4 is 5.97 Å². The van der Waals surface area contributed by atoms with E-state index >= 15 is 0 Å². The van der Waals surface area contributed by atoms with Crippen molar-refractivity contribution in [2.75, 3.05) is 7.05 Å². The SMILES string of the molecule is CN1[C@@H]2CC[C@H](OC(=O)[C@@](O)(c3ccccc3)C3CCCC3)[C@H]1CC2. The van der Waals surface area contributed by atoms with Crippen LogP contribution in [0.5, 0.6) is 0 Å². The van der Waals surface area contributed by atoms with E-state index in [9.17, 15) is 9.90 Å². The third-order valence-electron chi connectivity index (χ3n) is 6.84. The minimum Gasteiger partial charge on any atom is -0.458 e. The zero-order chi connectivity index (χ0) is 17.4. The lowest BCUT2D eigenvalue weighted by molar-refractivity contribution is -0.184. The first-order valence-electron chi connectivity index (χ1n) is 9.81. The van der Waals surface area contributed by atoms with Crippen LogP contribution in [0.4, 0.5) is 0 Å². The van der Waals surface area contributed by atoms with E-state index in [1.807, 2.05) is 30.3 Å². The van der Waals surface area contributed by atoms with Gasteiger partial charge in [-0.05, 0) is 51.1 Å². The number of carbonyl (C=O) groups is 1. The van der Waals surface area contributed by atoms with Gasteiger partial charge in [0.25, 0.3) is 0 Å². The lowest BCUT2D eigenvalue weighted by Gasteiger charge is -2.39. The summed E-state index contributed by atoms with van der Waals surface area (Å²) in [5, 5.41) is 11.5. The Hall–Kier alpha value is -1.39. The van der Waals surface area contributed by atoms with E-state index in [4.69, 9.17) is 4.74 Å². The minimum atomic E-state index is -1.51. The van der Waals surface area contributed by atoms with Gasteiger partial charge in [-0.15, -0.1) is 0 Å². The van der Waals surface area contributed by atoms with Crippen LogP contribution in [-0.2, 0) is 15.1 Å². The van der Waals surface area contributed by atoms with Gasteiger partial charge in [-0.1, -0.05) is 43.2 Å². The molecule has 3 aliphatic rings. The third kappa shape index (κ3) is 2.89. The molecule has 0 spiro atoms. The van der Waals surface area contributed by atoms with Crippen LogP contribution >= 0.6 is 0 Å². The van der Waals surface area contributed by atoms with Crippen LogP contribution in [0.2, 0.25) is 0 Å². The first kappa shape index (κ1) is 17.0. The average Bonchev–Trinajstić information content (AvgIpc) is 3.24. The number of esters is 1. The first-order chi connectivity index (χ1) is 12.1. The highest BCUT2D eigenvalue weighted by molar-refractivity contribution is 5.82. The molecule has 4 nitrogen and oxygen atoms in total. The predicted molar refractivity (Wildman–Crippen MR) is 96.0 cm³/mol. The second-order valence-corrected chi connectivity index (χ2v) is 8.10. The van der Waals surface area contributed by atoms with Crippen molar-refractivity contribution in [2.24, 2.45) is 5.92 Å². The molecule has 1 aromatic carbocycles. The molecule has 2 heterocycles. The molecule has 2 aliphatic heterocycles. The van der Waals surface area contributed by atoms with Crippen LogP contribution in [0, 0.1) is 5.92 Å². The zero-order valence-electron chi connectivity index (χ0n) is 15.1. The summed E-state index contributed by atoms with van der Waals surface area (Å²) in [6.07, 6.45) is 8.11. The minimum absolute atomic E-state index is 0.0416. The third-order valence-corrected chi connectivity index (χ3v) is 6.84. The highest BCUT2D eigenvalue weighted by Gasteiger charge is 2.50. The molecule has 2 bridgehead atoms. The lowest BCUT2D eigenvalue weighted by atomic mass is 9.80. The van der Waals surface area contributed by atoms with Crippen molar-refractivity contribution in [3.05, 3.63) is 35.9 Å². The van der Waals surface area contributed by atoms with Gasteiger partial charge in [0.15, 0.2) is 5.60 Å². The number of ether oxygens (including phenoxy) is 1. The van der Waals surface area contributed by atoms with Crippen molar-refractivity contribution in [3.8, 4) is 0 Å². The van der Waals surface area contributed by atoms with Gasteiger partial charge in [-0.3, -0.25) is 4.90 Å². The van der Waals surface area contributed by atoms with Crippen molar-refractivity contribution in [1.82, 2.24) is 4.90 Å². The Balaban J connectivity index is 1.58. The van der Waals surface area contributed by atoms with Gasteiger partial charge in [0.05, 0.1) is 0 Å². The van der Waals surface area contributed by atoms with Crippen LogP contribution < -0.4 is 0 Å². The highest BCUT2D eigenvalue weighted by atomic mass is 16.6. The van der Waals surface area contributed by atoms with E-state index in [2.05, 4.69) is 11.9 Å². The molecule has 1 saturated carbocycles. The van der Waals surface area contributed by atoms with E-state index in [-0.39, 0.29) is 12.0 Å². The van der Waals surface area contributed by atoms with Gasteiger partial charge >= 0.3 is 5.97 Å². The molecule has 25 heavy (non-hydrogen) atoms. The molecule has 1 N–H and O–H groups in total. The molecule has 0 amide bonds. The molecule has 0 unspecified atom stereocenters. The van der Waals surface area contributed by atoms with Crippen LogP contribution in [-0.4, -0.2) is 41.2 Å². The monoisotopic (exact) mass is 343 g/mol. The summed E-state index contributed by atoms with van der Waals surface area (Å²) in [6, 6.07) is 10.4. The number of benzene rings is 1. The zero-order valence-corrected chi connectivity index (χ0v) is 15.1. The molecular weight excluding hydrogens is 314 g/mol. The second-order valence-electron chi connectivity index (χ2n) is 8.10. The summed E-state index contributed by atoms with van der Waals surface area (Å²) in [5.74, 6) is -0.477. The fourth-order valence-corrected chi connectivity index (χ4v) is 5.31. The molecule has 3 fully saturated rings. The molecule has 0 aromatic heterocycles. The van der Waals surface area contributed by atoms with Crippen LogP contribution in [0.25, 0.3) is 0 Å². The summed E-state index contributed by atoms with van der Waals surface area (Å²) >= 11 is 0. The summed E-state index contributed by atoms with van der Waals surface area (Å²) in [7, 11) is 2.14. The predicted octanol–water partition coefficient (Wildman–Crippen LogP) is 3.23. The number of carbonyl (C=O) groups excluding carboxylic acids is 1. The number of fused-ring (bicyclic) bond motifs is 2. The standard InChI is InChI=1S/C21H29NO3/c1-22-17-11-13-18(22)19(14-12-17)25-20(23)21(24,16-9-5-6-10-16)15-7-3-2-4-8-15/h2-4,7-8,16-19,24H,5-6,9-14H2,1H3/t17-,18+,19-,21+/m0/s1. The van der Waals surface area contributed by atoms with E-state index in [1.165, 1.54) is 6.42 Å². The summed E-state index contributed by atoms with van der Waals surface area (Å²) < 4.78 is 5.99. The van der Waals surface area contributed by atoms with Crippen molar-refractivity contribution in [2.45, 2.75) is 75.2 Å².